The lowest BCUT2D eigenvalue weighted by molar-refractivity contribution is 0.107. The van der Waals surface area contributed by atoms with E-state index in [-0.39, 0.29) is 16.5 Å². The van der Waals surface area contributed by atoms with Crippen LogP contribution < -0.4 is 0 Å². The van der Waals surface area contributed by atoms with Gasteiger partial charge in [-0.15, -0.1) is 0 Å². The van der Waals surface area contributed by atoms with Crippen molar-refractivity contribution in [3.8, 4) is 5.75 Å². The van der Waals surface area contributed by atoms with Gasteiger partial charge in [0.1, 0.15) is 5.75 Å². The normalized spacial score (nSPS) is 11.4. The van der Waals surface area contributed by atoms with Crippen LogP contribution in [0.4, 0.5) is 0 Å². The van der Waals surface area contributed by atoms with Crippen molar-refractivity contribution in [2.24, 2.45) is 0 Å². The maximum Gasteiger partial charge on any atom is 0.256 e. The van der Waals surface area contributed by atoms with E-state index >= 15 is 0 Å². The summed E-state index contributed by atoms with van der Waals surface area (Å²) in [5, 5.41) is 8.06. The highest BCUT2D eigenvalue weighted by Crippen LogP contribution is 2.32. The van der Waals surface area contributed by atoms with Crippen molar-refractivity contribution in [3.05, 3.63) is 28.8 Å². The van der Waals surface area contributed by atoms with E-state index in [9.17, 15) is 14.7 Å². The highest BCUT2D eigenvalue weighted by atomic mass is 35.5. The molecular weight excluding hydrogens is 263 g/mol. The largest absolute Gasteiger partial charge is 0.506 e. The molecule has 0 atom stereocenters. The molecule has 0 amide bonds. The van der Waals surface area contributed by atoms with Crippen LogP contribution >= 0.6 is 23.2 Å². The van der Waals surface area contributed by atoms with Gasteiger partial charge in [-0.05, 0) is 46.3 Å². The third kappa shape index (κ3) is 2.99. The number of carbonyl (C=O) groups is 2. The number of phenolic OH excluding ortho intramolecular Hbond substituents is 1. The number of benzene rings is 1. The van der Waals surface area contributed by atoms with Gasteiger partial charge in [0, 0.05) is 0 Å². The van der Waals surface area contributed by atoms with Gasteiger partial charge in [-0.3, -0.25) is 9.59 Å². The summed E-state index contributed by atoms with van der Waals surface area (Å²) >= 11 is 10.7. The second-order valence-electron chi connectivity index (χ2n) is 4.72. The molecule has 0 saturated heterocycles. The Morgan fingerprint density at radius 2 is 1.41 bits per heavy atom. The van der Waals surface area contributed by atoms with Crippen LogP contribution in [0.25, 0.3) is 0 Å². The summed E-state index contributed by atoms with van der Waals surface area (Å²) in [5.41, 5.74) is 0.185. The number of carbonyl (C=O) groups excluding carboxylic acids is 2. The molecule has 0 heterocycles. The van der Waals surface area contributed by atoms with E-state index in [1.54, 1.807) is 0 Å². The highest BCUT2D eigenvalue weighted by Gasteiger charge is 2.23. The number of aromatic hydroxyl groups is 1. The summed E-state index contributed by atoms with van der Waals surface area (Å²) in [5.74, 6) is -0.474. The number of phenols is 1. The van der Waals surface area contributed by atoms with Crippen LogP contribution in [0.5, 0.6) is 5.75 Å². The lowest BCUT2D eigenvalue weighted by atomic mass is 9.85. The third-order valence-corrected chi connectivity index (χ3v) is 2.81. The van der Waals surface area contributed by atoms with Gasteiger partial charge in [-0.1, -0.05) is 20.8 Å². The Balaban J connectivity index is 3.59. The molecule has 5 heteroatoms. The maximum absolute atomic E-state index is 11.2. The van der Waals surface area contributed by atoms with E-state index in [1.807, 2.05) is 20.8 Å². The summed E-state index contributed by atoms with van der Waals surface area (Å²) in [4.78, 5) is 22.3. The average Bonchev–Trinajstić information content (AvgIpc) is 2.14. The van der Waals surface area contributed by atoms with Crippen molar-refractivity contribution in [1.82, 2.24) is 0 Å². The zero-order chi connectivity index (χ0) is 13.4. The molecule has 0 aliphatic carbocycles. The topological polar surface area (TPSA) is 54.4 Å². The zero-order valence-corrected chi connectivity index (χ0v) is 11.2. The van der Waals surface area contributed by atoms with Crippen molar-refractivity contribution >= 4 is 33.7 Å². The molecular formula is C12H12Cl2O3. The van der Waals surface area contributed by atoms with Gasteiger partial charge in [-0.2, -0.15) is 0 Å². The van der Waals surface area contributed by atoms with Crippen LogP contribution in [0.1, 0.15) is 47.1 Å². The Hall–Kier alpha value is -1.06. The second-order valence-corrected chi connectivity index (χ2v) is 5.40. The monoisotopic (exact) mass is 274 g/mol. The van der Waals surface area contributed by atoms with Gasteiger partial charge in [-0.25, -0.2) is 0 Å². The smallest absolute Gasteiger partial charge is 0.256 e. The van der Waals surface area contributed by atoms with E-state index < -0.39 is 16.2 Å². The second kappa shape index (κ2) is 4.67. The molecule has 17 heavy (non-hydrogen) atoms. The molecule has 1 aromatic carbocycles. The molecule has 0 aromatic heterocycles. The SMILES string of the molecule is CC(C)(C)c1cc(C(=O)Cl)c(O)c(C(=O)Cl)c1. The van der Waals surface area contributed by atoms with Gasteiger partial charge >= 0.3 is 0 Å². The lowest BCUT2D eigenvalue weighted by Gasteiger charge is -2.20. The van der Waals surface area contributed by atoms with Crippen LogP contribution in [0, 0.1) is 0 Å². The highest BCUT2D eigenvalue weighted by molar-refractivity contribution is 6.69. The van der Waals surface area contributed by atoms with Crippen molar-refractivity contribution in [3.63, 3.8) is 0 Å². The summed E-state index contributed by atoms with van der Waals surface area (Å²) in [7, 11) is 0. The van der Waals surface area contributed by atoms with E-state index in [0.29, 0.717) is 5.56 Å². The van der Waals surface area contributed by atoms with Crippen LogP contribution in [-0.2, 0) is 5.41 Å². The molecule has 92 valence electrons. The first-order chi connectivity index (χ1) is 7.64. The number of rotatable bonds is 2. The minimum absolute atomic E-state index is 0.108. The van der Waals surface area contributed by atoms with E-state index in [2.05, 4.69) is 0 Å². The Bertz CT molecular complexity index is 452. The Kier molecular flexibility index (Phi) is 3.84. The summed E-state index contributed by atoms with van der Waals surface area (Å²) < 4.78 is 0. The Morgan fingerprint density at radius 3 is 1.65 bits per heavy atom. The first kappa shape index (κ1) is 14.0. The minimum atomic E-state index is -0.826. The fourth-order valence-corrected chi connectivity index (χ4v) is 1.66. The maximum atomic E-state index is 11.2. The van der Waals surface area contributed by atoms with Gasteiger partial charge in [0.25, 0.3) is 10.5 Å². The Labute approximate surface area is 109 Å². The molecule has 0 bridgehead atoms. The fraction of sp³-hybridized carbons (Fsp3) is 0.333. The summed E-state index contributed by atoms with van der Waals surface area (Å²) in [6.07, 6.45) is 0. The predicted octanol–water partition coefficient (Wildman–Crippen LogP) is 3.45. The standard InChI is InChI=1S/C12H12Cl2O3/c1-12(2,3)6-4-7(10(13)16)9(15)8(5-6)11(14)17/h4-5,15H,1-3H3. The molecule has 0 saturated carbocycles. The van der Waals surface area contributed by atoms with Crippen LogP contribution in [0.2, 0.25) is 0 Å². The minimum Gasteiger partial charge on any atom is -0.506 e. The van der Waals surface area contributed by atoms with E-state index in [0.717, 1.165) is 0 Å². The summed E-state index contributed by atoms with van der Waals surface area (Å²) in [6.45, 7) is 5.72. The van der Waals surface area contributed by atoms with E-state index in [1.165, 1.54) is 12.1 Å². The fourth-order valence-electron chi connectivity index (χ4n) is 1.37. The van der Waals surface area contributed by atoms with Crippen molar-refractivity contribution in [2.45, 2.75) is 26.2 Å². The quantitative estimate of drug-likeness (QED) is 0.841. The van der Waals surface area contributed by atoms with Gasteiger partial charge in [0.05, 0.1) is 11.1 Å². The molecule has 0 aliphatic rings. The predicted molar refractivity (Wildman–Crippen MR) is 67.2 cm³/mol. The lowest BCUT2D eigenvalue weighted by Crippen LogP contribution is -2.13. The number of hydrogen-bond acceptors (Lipinski definition) is 3. The summed E-state index contributed by atoms with van der Waals surface area (Å²) in [6, 6.07) is 2.93. The molecule has 0 aliphatic heterocycles. The van der Waals surface area contributed by atoms with Crippen molar-refractivity contribution < 1.29 is 14.7 Å². The first-order valence-electron chi connectivity index (χ1n) is 4.91. The van der Waals surface area contributed by atoms with Crippen LogP contribution in [0.15, 0.2) is 12.1 Å². The van der Waals surface area contributed by atoms with E-state index in [4.69, 9.17) is 23.2 Å². The number of halogens is 2. The molecule has 0 spiro atoms. The zero-order valence-electron chi connectivity index (χ0n) is 9.67. The third-order valence-electron chi connectivity index (χ3n) is 2.40. The number of hydrogen-bond donors (Lipinski definition) is 1. The van der Waals surface area contributed by atoms with Crippen molar-refractivity contribution in [1.29, 1.82) is 0 Å². The molecule has 1 N–H and O–H groups in total. The van der Waals surface area contributed by atoms with Gasteiger partial charge < -0.3 is 5.11 Å². The average molecular weight is 275 g/mol. The van der Waals surface area contributed by atoms with Crippen LogP contribution in [-0.4, -0.2) is 15.6 Å². The first-order valence-corrected chi connectivity index (χ1v) is 5.67. The molecule has 1 aromatic rings. The van der Waals surface area contributed by atoms with Gasteiger partial charge in [0.15, 0.2) is 0 Å². The molecule has 1 rings (SSSR count). The molecule has 3 nitrogen and oxygen atoms in total. The molecule has 0 fully saturated rings. The molecule has 0 radical (unpaired) electrons. The van der Waals surface area contributed by atoms with Crippen LogP contribution in [0.3, 0.4) is 0 Å². The van der Waals surface area contributed by atoms with Crippen molar-refractivity contribution in [2.75, 3.05) is 0 Å². The molecule has 0 unspecified atom stereocenters. The Morgan fingerprint density at radius 1 is 1.06 bits per heavy atom. The van der Waals surface area contributed by atoms with Gasteiger partial charge in [0.2, 0.25) is 0 Å².